The number of carbonyl (C=O) groups excluding carboxylic acids is 2. The first-order valence-electron chi connectivity index (χ1n) is 6.64. The Morgan fingerprint density at radius 2 is 1.41 bits per heavy atom. The van der Waals surface area contributed by atoms with Gasteiger partial charge in [0, 0.05) is 20.3 Å². The molecule has 0 heterocycles. The molecule has 13 heteroatoms. The summed E-state index contributed by atoms with van der Waals surface area (Å²) < 4.78 is 63.9. The van der Waals surface area contributed by atoms with E-state index in [1.165, 1.54) is 0 Å². The second-order valence-corrected chi connectivity index (χ2v) is 9.31. The average Bonchev–Trinajstić information content (AvgIpc) is 2.51. The van der Waals surface area contributed by atoms with Crippen LogP contribution in [0.15, 0.2) is 34.1 Å². The van der Waals surface area contributed by atoms with Crippen LogP contribution in [0.2, 0.25) is 0 Å². The van der Waals surface area contributed by atoms with Gasteiger partial charge in [-0.1, -0.05) is 0 Å². The number of ketones is 2. The van der Waals surface area contributed by atoms with Crippen LogP contribution in [0.1, 0.15) is 31.8 Å². The Labute approximate surface area is 189 Å². The fraction of sp³-hybridized carbons (Fsp3) is 0. The molecule has 0 bridgehead atoms. The third-order valence-corrected chi connectivity index (χ3v) is 6.39. The van der Waals surface area contributed by atoms with Gasteiger partial charge in [0.1, 0.15) is 4.90 Å². The van der Waals surface area contributed by atoms with Crippen LogP contribution >= 0.6 is 22.6 Å². The summed E-state index contributed by atoms with van der Waals surface area (Å²) >= 11 is 1.60. The number of nitrogens with two attached hydrogens (primary N) is 1. The van der Waals surface area contributed by atoms with E-state index >= 15 is 0 Å². The number of halogens is 1. The minimum atomic E-state index is -4.74. The molecule has 2 aromatic carbocycles. The maximum atomic E-state index is 12.8. The number of carbonyl (C=O) groups is 2. The zero-order valence-electron chi connectivity index (χ0n) is 13.4. The van der Waals surface area contributed by atoms with Crippen LogP contribution < -0.4 is 35.3 Å². The van der Waals surface area contributed by atoms with Gasteiger partial charge >= 0.3 is 29.6 Å². The third kappa shape index (κ3) is 3.72. The van der Waals surface area contributed by atoms with Crippen molar-refractivity contribution in [3.05, 3.63) is 50.1 Å². The summed E-state index contributed by atoms with van der Waals surface area (Å²) in [5.41, 5.74) is 4.07. The van der Waals surface area contributed by atoms with Crippen molar-refractivity contribution in [2.24, 2.45) is 0 Å². The summed E-state index contributed by atoms with van der Waals surface area (Å²) in [5.74, 6) is -1.57. The van der Waals surface area contributed by atoms with Gasteiger partial charge in [0.25, 0.3) is 20.2 Å². The molecular weight excluding hydrogens is 524 g/mol. The summed E-state index contributed by atoms with van der Waals surface area (Å²) in [4.78, 5) is 24.2. The molecule has 0 spiro atoms. The van der Waals surface area contributed by atoms with Crippen molar-refractivity contribution in [3.63, 3.8) is 0 Å². The monoisotopic (exact) mass is 532 g/mol. The molecule has 27 heavy (non-hydrogen) atoms. The average molecular weight is 532 g/mol. The van der Waals surface area contributed by atoms with E-state index in [4.69, 9.17) is 10.3 Å². The van der Waals surface area contributed by atoms with E-state index in [0.29, 0.717) is 0 Å². The van der Waals surface area contributed by atoms with E-state index in [-0.39, 0.29) is 55.4 Å². The first kappa shape index (κ1) is 22.4. The summed E-state index contributed by atoms with van der Waals surface area (Å²) in [6.07, 6.45) is 0. The van der Waals surface area contributed by atoms with Gasteiger partial charge in [0.15, 0.2) is 11.6 Å². The van der Waals surface area contributed by atoms with Gasteiger partial charge in [-0.25, -0.2) is 0 Å². The Hall–Kier alpha value is -0.870. The van der Waals surface area contributed by atoms with Gasteiger partial charge in [-0.2, -0.15) is 16.8 Å². The van der Waals surface area contributed by atoms with E-state index in [1.807, 2.05) is 0 Å². The minimum absolute atomic E-state index is 0. The van der Waals surface area contributed by atoms with E-state index in [2.05, 4.69) is 0 Å². The number of hydrogen-bond acceptors (Lipinski definition) is 7. The van der Waals surface area contributed by atoms with Crippen LogP contribution in [0.4, 0.5) is 5.69 Å². The second-order valence-electron chi connectivity index (χ2n) is 5.34. The van der Waals surface area contributed by atoms with Gasteiger partial charge in [0.05, 0.1) is 16.1 Å². The first-order valence-corrected chi connectivity index (χ1v) is 10.6. The van der Waals surface area contributed by atoms with Crippen molar-refractivity contribution < 1.29 is 65.1 Å². The molecule has 0 atom stereocenters. The van der Waals surface area contributed by atoms with Crippen molar-refractivity contribution >= 4 is 60.1 Å². The third-order valence-electron chi connectivity index (χ3n) is 3.79. The largest absolute Gasteiger partial charge is 1.00 e. The zero-order chi connectivity index (χ0) is 19.6. The molecule has 2 aromatic rings. The normalized spacial score (nSPS) is 13.6. The van der Waals surface area contributed by atoms with E-state index in [1.54, 1.807) is 22.6 Å². The minimum Gasteiger partial charge on any atom is -0.397 e. The Kier molecular flexibility index (Phi) is 5.97. The van der Waals surface area contributed by atoms with Crippen LogP contribution in [0, 0.1) is 3.57 Å². The SMILES string of the molecule is Nc1c(S(=O)(=O)O)cc(I)c2c1C(=O)c1ccc(S(=O)(=O)O)cc1C2=O.[Na+]. The van der Waals surface area contributed by atoms with Gasteiger partial charge in [-0.15, -0.1) is 0 Å². The van der Waals surface area contributed by atoms with E-state index in [0.717, 1.165) is 24.3 Å². The van der Waals surface area contributed by atoms with Crippen LogP contribution in [-0.2, 0) is 20.2 Å². The second kappa shape index (κ2) is 7.18. The molecule has 0 unspecified atom stereocenters. The zero-order valence-corrected chi connectivity index (χ0v) is 19.2. The molecule has 1 aliphatic rings. The van der Waals surface area contributed by atoms with Crippen molar-refractivity contribution in [2.75, 3.05) is 5.73 Å². The van der Waals surface area contributed by atoms with Crippen LogP contribution in [0.5, 0.6) is 0 Å². The number of nitrogen functional groups attached to an aromatic ring is 1. The molecule has 9 nitrogen and oxygen atoms in total. The summed E-state index contributed by atoms with van der Waals surface area (Å²) in [6, 6.07) is 3.75. The molecule has 0 amide bonds. The molecule has 0 saturated carbocycles. The number of anilines is 1. The number of benzene rings is 2. The smallest absolute Gasteiger partial charge is 0.397 e. The van der Waals surface area contributed by atoms with Gasteiger partial charge in [-0.05, 0) is 46.9 Å². The Bertz CT molecular complexity index is 1240. The number of fused-ring (bicyclic) bond motifs is 2. The van der Waals surface area contributed by atoms with Gasteiger partial charge in [-0.3, -0.25) is 18.7 Å². The maximum absolute atomic E-state index is 12.8. The predicted octanol–water partition coefficient (Wildman–Crippen LogP) is -1.85. The van der Waals surface area contributed by atoms with Crippen molar-refractivity contribution in [1.29, 1.82) is 0 Å². The fourth-order valence-electron chi connectivity index (χ4n) is 2.65. The standard InChI is InChI=1S/C14H8INO8S2.Na/c15-8-4-9(26(22,23)24)12(16)11-10(8)14(18)7-3-5(25(19,20)21)1-2-6(7)13(11)17;/h1-4H,16H2,(H,19,20,21)(H,22,23,24);/q;+1. The topological polar surface area (TPSA) is 169 Å². The van der Waals surface area contributed by atoms with E-state index in [9.17, 15) is 31.0 Å². The summed E-state index contributed by atoms with van der Waals surface area (Å²) in [6.45, 7) is 0. The first-order chi connectivity index (χ1) is 11.8. The van der Waals surface area contributed by atoms with Crippen LogP contribution in [-0.4, -0.2) is 37.5 Å². The van der Waals surface area contributed by atoms with Crippen molar-refractivity contribution in [1.82, 2.24) is 0 Å². The van der Waals surface area contributed by atoms with Crippen LogP contribution in [0.3, 0.4) is 0 Å². The number of rotatable bonds is 2. The number of hydrogen-bond donors (Lipinski definition) is 3. The fourth-order valence-corrected chi connectivity index (χ4v) is 4.84. The Morgan fingerprint density at radius 1 is 0.852 bits per heavy atom. The Morgan fingerprint density at radius 3 is 1.93 bits per heavy atom. The molecule has 0 saturated heterocycles. The van der Waals surface area contributed by atoms with Crippen molar-refractivity contribution in [2.45, 2.75) is 9.79 Å². The molecule has 136 valence electrons. The molecule has 0 radical (unpaired) electrons. The molecule has 0 aliphatic heterocycles. The molecular formula is C14H8INNaO8S2+. The molecule has 4 N–H and O–H groups in total. The molecule has 1 aliphatic carbocycles. The Balaban J connectivity index is 0.00000261. The van der Waals surface area contributed by atoms with Gasteiger partial charge < -0.3 is 5.73 Å². The predicted molar refractivity (Wildman–Crippen MR) is 96.5 cm³/mol. The summed E-state index contributed by atoms with van der Waals surface area (Å²) in [5, 5.41) is 0. The maximum Gasteiger partial charge on any atom is 1.00 e. The molecule has 3 rings (SSSR count). The molecule has 0 aromatic heterocycles. The van der Waals surface area contributed by atoms with E-state index < -0.39 is 47.3 Å². The van der Waals surface area contributed by atoms with Crippen LogP contribution in [0.25, 0.3) is 0 Å². The van der Waals surface area contributed by atoms with Gasteiger partial charge in [0.2, 0.25) is 0 Å². The quantitative estimate of drug-likeness (QED) is 0.148. The van der Waals surface area contributed by atoms with Crippen molar-refractivity contribution in [3.8, 4) is 0 Å². The summed E-state index contributed by atoms with van der Waals surface area (Å²) in [7, 11) is -9.34. The molecule has 0 fully saturated rings.